The molecule has 1 aromatic heterocycles. The molecule has 0 unspecified atom stereocenters. The minimum atomic E-state index is -3.72. The van der Waals surface area contributed by atoms with Gasteiger partial charge >= 0.3 is 5.97 Å². The Balaban J connectivity index is 1.38. The molecule has 9 nitrogen and oxygen atoms in total. The van der Waals surface area contributed by atoms with E-state index in [4.69, 9.17) is 4.74 Å². The molecule has 1 aliphatic heterocycles. The summed E-state index contributed by atoms with van der Waals surface area (Å²) in [7, 11) is -3.72. The van der Waals surface area contributed by atoms with Crippen LogP contribution in [-0.2, 0) is 37.2 Å². The largest absolute Gasteiger partial charge is 0.454 e. The molecule has 1 atom stereocenters. The smallest absolute Gasteiger partial charge is 0.331 e. The fourth-order valence-corrected chi connectivity index (χ4v) is 6.34. The van der Waals surface area contributed by atoms with Crippen LogP contribution in [0.2, 0.25) is 0 Å². The number of ether oxygens (including phenoxy) is 1. The lowest BCUT2D eigenvalue weighted by atomic mass is 10.1. The highest BCUT2D eigenvalue weighted by Gasteiger charge is 2.31. The number of aryl methyl sites for hydroxylation is 1. The lowest BCUT2D eigenvalue weighted by Crippen LogP contribution is -2.28. The highest BCUT2D eigenvalue weighted by molar-refractivity contribution is 7.90. The fourth-order valence-electron chi connectivity index (χ4n) is 3.85. The Labute approximate surface area is 195 Å². The van der Waals surface area contributed by atoms with E-state index in [2.05, 4.69) is 21.1 Å². The predicted molar refractivity (Wildman–Crippen MR) is 123 cm³/mol. The van der Waals surface area contributed by atoms with Gasteiger partial charge in [-0.3, -0.25) is 14.5 Å². The van der Waals surface area contributed by atoms with Gasteiger partial charge in [-0.05, 0) is 50.3 Å². The summed E-state index contributed by atoms with van der Waals surface area (Å²) >= 11 is 1.40. The average Bonchev–Trinajstić information content (AvgIpc) is 3.13. The number of sulfonamides is 1. The molecule has 0 fully saturated rings. The van der Waals surface area contributed by atoms with E-state index in [0.29, 0.717) is 16.1 Å². The van der Waals surface area contributed by atoms with Crippen LogP contribution in [-0.4, -0.2) is 38.8 Å². The van der Waals surface area contributed by atoms with Gasteiger partial charge in [-0.15, -0.1) is 11.3 Å². The van der Waals surface area contributed by atoms with E-state index < -0.39 is 34.5 Å². The summed E-state index contributed by atoms with van der Waals surface area (Å²) in [5.41, 5.74) is 1.87. The molecule has 1 amide bonds. The number of nitrogens with one attached hydrogen (secondary N) is 2. The van der Waals surface area contributed by atoms with Crippen molar-refractivity contribution in [3.05, 3.63) is 45.8 Å². The van der Waals surface area contributed by atoms with Crippen molar-refractivity contribution in [1.82, 2.24) is 4.72 Å². The van der Waals surface area contributed by atoms with E-state index >= 15 is 0 Å². The van der Waals surface area contributed by atoms with Crippen molar-refractivity contribution in [2.24, 2.45) is 4.99 Å². The van der Waals surface area contributed by atoms with Gasteiger partial charge in [0.25, 0.3) is 15.9 Å². The Morgan fingerprint density at radius 1 is 1.27 bits per heavy atom. The predicted octanol–water partition coefficient (Wildman–Crippen LogP) is 2.50. The van der Waals surface area contributed by atoms with Gasteiger partial charge in [0.05, 0.1) is 10.5 Å². The minimum Gasteiger partial charge on any atom is -0.454 e. The second-order valence-electron chi connectivity index (χ2n) is 7.79. The molecule has 11 heteroatoms. The zero-order valence-corrected chi connectivity index (χ0v) is 19.5. The van der Waals surface area contributed by atoms with Crippen LogP contribution < -0.4 is 10.0 Å². The number of esters is 1. The third-order valence-corrected chi connectivity index (χ3v) is 8.06. The number of carbonyl (C=O) groups excluding carboxylic acids is 2. The number of hydrogen-bond acceptors (Lipinski definition) is 8. The van der Waals surface area contributed by atoms with E-state index in [0.717, 1.165) is 42.5 Å². The Morgan fingerprint density at radius 2 is 2.03 bits per heavy atom. The van der Waals surface area contributed by atoms with Gasteiger partial charge in [0, 0.05) is 10.4 Å². The van der Waals surface area contributed by atoms with Crippen LogP contribution in [0.1, 0.15) is 47.8 Å². The number of aliphatic imine (C=N–C) groups is 1. The summed E-state index contributed by atoms with van der Waals surface area (Å²) in [5, 5.41) is 12.7. The molecule has 0 radical (unpaired) electrons. The Hall–Kier alpha value is -3.23. The average molecular weight is 487 g/mol. The summed E-state index contributed by atoms with van der Waals surface area (Å²) in [6.07, 6.45) is 4.92. The Morgan fingerprint density at radius 3 is 2.82 bits per heavy atom. The first-order chi connectivity index (χ1) is 15.8. The van der Waals surface area contributed by atoms with Gasteiger partial charge in [-0.1, -0.05) is 18.6 Å². The number of benzene rings is 1. The van der Waals surface area contributed by atoms with E-state index in [1.165, 1.54) is 24.3 Å². The number of nitriles is 1. The van der Waals surface area contributed by atoms with Gasteiger partial charge in [0.1, 0.15) is 22.9 Å². The zero-order chi connectivity index (χ0) is 23.6. The maximum atomic E-state index is 12.4. The molecule has 2 N–H and O–H groups in total. The first-order valence-corrected chi connectivity index (χ1v) is 12.8. The van der Waals surface area contributed by atoms with E-state index in [9.17, 15) is 23.3 Å². The number of rotatable bonds is 5. The third kappa shape index (κ3) is 4.77. The van der Waals surface area contributed by atoms with Gasteiger partial charge in [0.15, 0.2) is 6.61 Å². The molecule has 2 aromatic rings. The van der Waals surface area contributed by atoms with Crippen molar-refractivity contribution < 1.29 is 22.7 Å². The standard InChI is InChI=1S/C22H22N4O5S2/c1-13(24-20-15-8-5-6-10-18(15)33(29,30)26-20)22(28)31-12-19(27)25-21-16(11-23)14-7-3-2-4-9-17(14)32-21/h5-6,8,10,13H,2-4,7,9,12H2,1H3,(H,24,26)(H,25,27)/t13-/m0/s1. The second-order valence-corrected chi connectivity index (χ2v) is 10.5. The van der Waals surface area contributed by atoms with Crippen molar-refractivity contribution in [3.63, 3.8) is 0 Å². The Bertz CT molecular complexity index is 1290. The second kappa shape index (κ2) is 9.33. The lowest BCUT2D eigenvalue weighted by molar-refractivity contribution is -0.148. The van der Waals surface area contributed by atoms with Crippen LogP contribution in [0, 0.1) is 11.3 Å². The summed E-state index contributed by atoms with van der Waals surface area (Å²) < 4.78 is 31.7. The van der Waals surface area contributed by atoms with Gasteiger partial charge in [-0.2, -0.15) is 5.26 Å². The number of amides is 1. The molecule has 0 spiro atoms. The van der Waals surface area contributed by atoms with Gasteiger partial charge in [-0.25, -0.2) is 13.2 Å². The van der Waals surface area contributed by atoms with Crippen LogP contribution in [0.25, 0.3) is 0 Å². The van der Waals surface area contributed by atoms with Crippen molar-refractivity contribution in [1.29, 1.82) is 5.26 Å². The molecule has 1 aliphatic carbocycles. The third-order valence-electron chi connectivity index (χ3n) is 5.46. The van der Waals surface area contributed by atoms with Crippen LogP contribution in [0.5, 0.6) is 0 Å². The molecule has 2 aliphatic rings. The summed E-state index contributed by atoms with van der Waals surface area (Å²) in [6.45, 7) is 0.913. The molecule has 0 bridgehead atoms. The number of thiophene rings is 1. The quantitative estimate of drug-likeness (QED) is 0.492. The molecule has 4 rings (SSSR count). The zero-order valence-electron chi connectivity index (χ0n) is 17.9. The first-order valence-electron chi connectivity index (χ1n) is 10.5. The van der Waals surface area contributed by atoms with E-state index in [-0.39, 0.29) is 10.7 Å². The normalized spacial score (nSPS) is 18.2. The van der Waals surface area contributed by atoms with Crippen molar-refractivity contribution >= 4 is 44.1 Å². The molecule has 2 heterocycles. The topological polar surface area (TPSA) is 138 Å². The highest BCUT2D eigenvalue weighted by atomic mass is 32.2. The number of fused-ring (bicyclic) bond motifs is 2. The van der Waals surface area contributed by atoms with Crippen molar-refractivity contribution in [2.45, 2.75) is 50.0 Å². The maximum absolute atomic E-state index is 12.4. The number of amidine groups is 1. The molecular formula is C22H22N4O5S2. The lowest BCUT2D eigenvalue weighted by Gasteiger charge is -2.09. The van der Waals surface area contributed by atoms with Crippen molar-refractivity contribution in [3.8, 4) is 6.07 Å². The molecule has 0 saturated carbocycles. The fraction of sp³-hybridized carbons (Fsp3) is 0.364. The molecular weight excluding hydrogens is 464 g/mol. The first kappa shape index (κ1) is 22.9. The van der Waals surface area contributed by atoms with Crippen LogP contribution in [0.15, 0.2) is 34.2 Å². The van der Waals surface area contributed by atoms with E-state index in [1.54, 1.807) is 18.2 Å². The van der Waals surface area contributed by atoms with Crippen LogP contribution in [0.4, 0.5) is 5.00 Å². The summed E-state index contributed by atoms with van der Waals surface area (Å²) in [4.78, 5) is 30.1. The molecule has 172 valence electrons. The van der Waals surface area contributed by atoms with E-state index in [1.807, 2.05) is 0 Å². The maximum Gasteiger partial charge on any atom is 0.331 e. The Kier molecular flexibility index (Phi) is 6.49. The number of carbonyl (C=O) groups is 2. The molecule has 1 aromatic carbocycles. The van der Waals surface area contributed by atoms with Gasteiger partial charge < -0.3 is 10.1 Å². The molecule has 33 heavy (non-hydrogen) atoms. The summed E-state index contributed by atoms with van der Waals surface area (Å²) in [6, 6.07) is 7.47. The SMILES string of the molecule is C[C@H](N=C1NS(=O)(=O)c2ccccc21)C(=O)OCC(=O)Nc1sc2c(c1C#N)CCCCC2. The van der Waals surface area contributed by atoms with Crippen LogP contribution in [0.3, 0.4) is 0 Å². The monoisotopic (exact) mass is 486 g/mol. The summed E-state index contributed by atoms with van der Waals surface area (Å²) in [5.74, 6) is -1.27. The highest BCUT2D eigenvalue weighted by Crippen LogP contribution is 2.36. The molecule has 0 saturated heterocycles. The number of anilines is 1. The van der Waals surface area contributed by atoms with Crippen LogP contribution >= 0.6 is 11.3 Å². The number of nitrogens with zero attached hydrogens (tertiary/aromatic N) is 2. The minimum absolute atomic E-state index is 0.0539. The number of hydrogen-bond donors (Lipinski definition) is 2. The van der Waals surface area contributed by atoms with Gasteiger partial charge in [0.2, 0.25) is 0 Å². The van der Waals surface area contributed by atoms with Crippen molar-refractivity contribution in [2.75, 3.05) is 11.9 Å².